The molecule has 0 aliphatic rings. The molecular weight excluding hydrogens is 428 g/mol. The Hall–Kier alpha value is -1.98. The normalized spacial score (nSPS) is 11.7. The van der Waals surface area contributed by atoms with Crippen LogP contribution in [0.1, 0.15) is 50.7 Å². The highest BCUT2D eigenvalue weighted by molar-refractivity contribution is 7.99. The Kier molecular flexibility index (Phi) is 11.0. The van der Waals surface area contributed by atoms with Crippen LogP contribution in [0.3, 0.4) is 0 Å². The maximum absolute atomic E-state index is 13.2. The van der Waals surface area contributed by atoms with Crippen molar-refractivity contribution >= 4 is 35.2 Å². The lowest BCUT2D eigenvalue weighted by atomic mass is 10.1. The van der Waals surface area contributed by atoms with E-state index in [0.29, 0.717) is 36.7 Å². The maximum Gasteiger partial charge on any atom is 0.242 e. The molecule has 168 valence electrons. The van der Waals surface area contributed by atoms with Crippen LogP contribution < -0.4 is 5.32 Å². The van der Waals surface area contributed by atoms with Crippen LogP contribution in [0.4, 0.5) is 0 Å². The van der Waals surface area contributed by atoms with E-state index in [2.05, 4.69) is 18.3 Å². The zero-order valence-electron chi connectivity index (χ0n) is 18.7. The summed E-state index contributed by atoms with van der Waals surface area (Å²) in [7, 11) is 0. The largest absolute Gasteiger partial charge is 0.354 e. The molecule has 0 heterocycles. The molecule has 6 heteroatoms. The van der Waals surface area contributed by atoms with Gasteiger partial charge in [0.2, 0.25) is 11.8 Å². The average Bonchev–Trinajstić information content (AvgIpc) is 2.75. The number of nitrogens with one attached hydrogen (secondary N) is 1. The highest BCUT2D eigenvalue weighted by atomic mass is 35.5. The number of unbranched alkanes of at least 4 members (excludes halogenated alkanes) is 1. The van der Waals surface area contributed by atoms with Crippen LogP contribution in [-0.4, -0.2) is 35.1 Å². The molecule has 2 aromatic carbocycles. The smallest absolute Gasteiger partial charge is 0.242 e. The zero-order valence-corrected chi connectivity index (χ0v) is 20.3. The van der Waals surface area contributed by atoms with Gasteiger partial charge in [-0.2, -0.15) is 0 Å². The molecule has 1 N–H and O–H groups in total. The number of benzene rings is 2. The molecule has 2 rings (SSSR count). The molecule has 2 amide bonds. The Balaban J connectivity index is 2.09. The van der Waals surface area contributed by atoms with E-state index < -0.39 is 6.04 Å². The zero-order chi connectivity index (χ0) is 22.6. The monoisotopic (exact) mass is 460 g/mol. The molecule has 0 aliphatic carbocycles. The quantitative estimate of drug-likeness (QED) is 0.319. The standard InChI is InChI=1S/C25H33ClN2O2S/c1-4-6-15-27-25(30)23(5-2)28(18-20-9-7-8-19(3)17-20)24(29)14-16-31-22-12-10-21(26)11-13-22/h7-13,17,23H,4-6,14-16,18H2,1-3H3,(H,27,30)/t23-/m0/s1. The Morgan fingerprint density at radius 3 is 2.52 bits per heavy atom. The molecule has 0 aliphatic heterocycles. The fourth-order valence-electron chi connectivity index (χ4n) is 3.36. The second-order valence-electron chi connectivity index (χ2n) is 7.63. The van der Waals surface area contributed by atoms with Gasteiger partial charge in [0.15, 0.2) is 0 Å². The minimum Gasteiger partial charge on any atom is -0.354 e. The van der Waals surface area contributed by atoms with Gasteiger partial charge in [-0.05, 0) is 49.6 Å². The molecule has 0 spiro atoms. The molecule has 0 aromatic heterocycles. The Labute approximate surface area is 195 Å². The summed E-state index contributed by atoms with van der Waals surface area (Å²) >= 11 is 7.57. The van der Waals surface area contributed by atoms with Crippen LogP contribution in [0.2, 0.25) is 5.02 Å². The molecule has 1 atom stereocenters. The van der Waals surface area contributed by atoms with Gasteiger partial charge in [0.1, 0.15) is 6.04 Å². The number of thioether (sulfide) groups is 1. The van der Waals surface area contributed by atoms with Gasteiger partial charge in [-0.1, -0.05) is 61.7 Å². The van der Waals surface area contributed by atoms with Gasteiger partial charge in [0.05, 0.1) is 0 Å². The summed E-state index contributed by atoms with van der Waals surface area (Å²) in [6, 6.07) is 15.3. The lowest BCUT2D eigenvalue weighted by Gasteiger charge is -2.31. The van der Waals surface area contributed by atoms with E-state index in [4.69, 9.17) is 11.6 Å². The third kappa shape index (κ3) is 8.58. The summed E-state index contributed by atoms with van der Waals surface area (Å²) in [5, 5.41) is 3.70. The van der Waals surface area contributed by atoms with Crippen molar-refractivity contribution in [2.45, 2.75) is 63.9 Å². The highest BCUT2D eigenvalue weighted by Gasteiger charge is 2.28. The highest BCUT2D eigenvalue weighted by Crippen LogP contribution is 2.22. The first-order valence-corrected chi connectivity index (χ1v) is 12.3. The van der Waals surface area contributed by atoms with Crippen molar-refractivity contribution in [1.82, 2.24) is 10.2 Å². The van der Waals surface area contributed by atoms with Crippen LogP contribution in [0.15, 0.2) is 53.4 Å². The summed E-state index contributed by atoms with van der Waals surface area (Å²) in [5.41, 5.74) is 2.18. The van der Waals surface area contributed by atoms with E-state index >= 15 is 0 Å². The van der Waals surface area contributed by atoms with Crippen molar-refractivity contribution in [3.8, 4) is 0 Å². The number of nitrogens with zero attached hydrogens (tertiary/aromatic N) is 1. The van der Waals surface area contributed by atoms with E-state index in [1.807, 2.05) is 56.3 Å². The summed E-state index contributed by atoms with van der Waals surface area (Å²) in [5.74, 6) is 0.585. The van der Waals surface area contributed by atoms with Gasteiger partial charge >= 0.3 is 0 Å². The molecule has 0 fully saturated rings. The van der Waals surface area contributed by atoms with Crippen molar-refractivity contribution < 1.29 is 9.59 Å². The number of hydrogen-bond acceptors (Lipinski definition) is 3. The van der Waals surface area contributed by atoms with E-state index in [1.165, 1.54) is 0 Å². The third-order valence-corrected chi connectivity index (χ3v) is 6.31. The van der Waals surface area contributed by atoms with Gasteiger partial charge in [0.25, 0.3) is 0 Å². The van der Waals surface area contributed by atoms with E-state index in [9.17, 15) is 9.59 Å². The van der Waals surface area contributed by atoms with Crippen LogP contribution in [-0.2, 0) is 16.1 Å². The minimum atomic E-state index is -0.467. The van der Waals surface area contributed by atoms with Gasteiger partial charge in [-0.25, -0.2) is 0 Å². The molecule has 2 aromatic rings. The molecule has 0 bridgehead atoms. The first-order chi connectivity index (χ1) is 14.9. The number of carbonyl (C=O) groups is 2. The molecule has 0 unspecified atom stereocenters. The Morgan fingerprint density at radius 2 is 1.87 bits per heavy atom. The molecule has 4 nitrogen and oxygen atoms in total. The van der Waals surface area contributed by atoms with E-state index in [-0.39, 0.29) is 11.8 Å². The minimum absolute atomic E-state index is 0.000427. The van der Waals surface area contributed by atoms with Crippen molar-refractivity contribution in [1.29, 1.82) is 0 Å². The second-order valence-corrected chi connectivity index (χ2v) is 9.24. The van der Waals surface area contributed by atoms with Crippen LogP contribution in [0.5, 0.6) is 0 Å². The SMILES string of the molecule is CCCCNC(=O)[C@H](CC)N(Cc1cccc(C)c1)C(=O)CCSc1ccc(Cl)cc1. The molecule has 0 saturated heterocycles. The van der Waals surface area contributed by atoms with Crippen molar-refractivity contribution in [3.05, 3.63) is 64.7 Å². The summed E-state index contributed by atoms with van der Waals surface area (Å²) in [4.78, 5) is 28.9. The number of carbonyl (C=O) groups excluding carboxylic acids is 2. The molecule has 31 heavy (non-hydrogen) atoms. The van der Waals surface area contributed by atoms with Gasteiger partial charge in [-0.15, -0.1) is 11.8 Å². The summed E-state index contributed by atoms with van der Waals surface area (Å²) in [6.07, 6.45) is 2.91. The predicted molar refractivity (Wildman–Crippen MR) is 131 cm³/mol. The topological polar surface area (TPSA) is 49.4 Å². The van der Waals surface area contributed by atoms with Gasteiger partial charge in [-0.3, -0.25) is 9.59 Å². The summed E-state index contributed by atoms with van der Waals surface area (Å²) < 4.78 is 0. The first-order valence-electron chi connectivity index (χ1n) is 11.0. The molecule has 0 saturated carbocycles. The van der Waals surface area contributed by atoms with Gasteiger partial charge in [0, 0.05) is 35.2 Å². The number of amides is 2. The van der Waals surface area contributed by atoms with Gasteiger partial charge < -0.3 is 10.2 Å². The second kappa shape index (κ2) is 13.4. The predicted octanol–water partition coefficient (Wildman–Crippen LogP) is 5.85. The van der Waals surface area contributed by atoms with Crippen molar-refractivity contribution in [2.24, 2.45) is 0 Å². The Bertz CT molecular complexity index is 842. The van der Waals surface area contributed by atoms with E-state index in [0.717, 1.165) is 28.9 Å². The maximum atomic E-state index is 13.2. The molecule has 0 radical (unpaired) electrons. The number of rotatable bonds is 12. The number of aryl methyl sites for hydroxylation is 1. The number of halogens is 1. The van der Waals surface area contributed by atoms with Crippen molar-refractivity contribution in [2.75, 3.05) is 12.3 Å². The first kappa shape index (κ1) is 25.3. The lowest BCUT2D eigenvalue weighted by Crippen LogP contribution is -2.49. The lowest BCUT2D eigenvalue weighted by molar-refractivity contribution is -0.141. The fourth-order valence-corrected chi connectivity index (χ4v) is 4.33. The fraction of sp³-hybridized carbons (Fsp3) is 0.440. The average molecular weight is 461 g/mol. The van der Waals surface area contributed by atoms with Crippen LogP contribution >= 0.6 is 23.4 Å². The molecular formula is C25H33ClN2O2S. The van der Waals surface area contributed by atoms with Crippen molar-refractivity contribution in [3.63, 3.8) is 0 Å². The van der Waals surface area contributed by atoms with Crippen LogP contribution in [0, 0.1) is 6.92 Å². The van der Waals surface area contributed by atoms with E-state index in [1.54, 1.807) is 16.7 Å². The summed E-state index contributed by atoms with van der Waals surface area (Å²) in [6.45, 7) is 7.17. The van der Waals surface area contributed by atoms with Crippen LogP contribution in [0.25, 0.3) is 0 Å². The third-order valence-electron chi connectivity index (χ3n) is 5.05. The number of hydrogen-bond donors (Lipinski definition) is 1. The Morgan fingerprint density at radius 1 is 1.13 bits per heavy atom.